The predicted octanol–water partition coefficient (Wildman–Crippen LogP) is 2.04. The Morgan fingerprint density at radius 3 is 2.87 bits per heavy atom. The van der Waals surface area contributed by atoms with Gasteiger partial charge in [-0.05, 0) is 18.6 Å². The first-order chi connectivity index (χ1) is 7.27. The van der Waals surface area contributed by atoms with Crippen LogP contribution in [-0.4, -0.2) is 18.5 Å². The van der Waals surface area contributed by atoms with Crippen molar-refractivity contribution in [2.45, 2.75) is 6.92 Å². The minimum absolute atomic E-state index is 0.233. The Kier molecular flexibility index (Phi) is 2.78. The number of hydrogen-bond acceptors (Lipinski definition) is 4. The zero-order valence-electron chi connectivity index (χ0n) is 8.51. The summed E-state index contributed by atoms with van der Waals surface area (Å²) < 4.78 is 10.0. The lowest BCUT2D eigenvalue weighted by Gasteiger charge is -2.18. The van der Waals surface area contributed by atoms with Crippen LogP contribution in [0, 0.1) is 6.92 Å². The van der Waals surface area contributed by atoms with E-state index in [2.05, 4.69) is 0 Å². The van der Waals surface area contributed by atoms with Crippen LogP contribution in [0.5, 0.6) is 0 Å². The third-order valence-electron chi connectivity index (χ3n) is 2.23. The van der Waals surface area contributed by atoms with Crippen molar-refractivity contribution in [1.82, 2.24) is 0 Å². The largest absolute Gasteiger partial charge is 0.462 e. The zero-order chi connectivity index (χ0) is 10.7. The van der Waals surface area contributed by atoms with Gasteiger partial charge >= 0.3 is 0 Å². The van der Waals surface area contributed by atoms with Crippen LogP contribution in [0.4, 0.5) is 5.69 Å². The Labute approximate surface area is 88.3 Å². The monoisotopic (exact) mass is 207 g/mol. The molecule has 1 aliphatic rings. The molecule has 80 valence electrons. The molecule has 1 aromatic carbocycles. The Bertz CT molecular complexity index is 376. The minimum Gasteiger partial charge on any atom is -0.462 e. The van der Waals surface area contributed by atoms with E-state index >= 15 is 0 Å². The van der Waals surface area contributed by atoms with Crippen LogP contribution in [0.25, 0.3) is 0 Å². The van der Waals surface area contributed by atoms with Crippen LogP contribution >= 0.6 is 0 Å². The minimum atomic E-state index is 0.233. The average molecular weight is 207 g/mol. The molecule has 0 amide bonds. The molecule has 0 unspecified atom stereocenters. The standard InChI is InChI=1S/C11H13NO3/c1-9-4-2-3-5-11(9)12(13)6-10-7-14-8-15-10/h2-5,7,13H,6,8H2,1H3. The van der Waals surface area contributed by atoms with E-state index < -0.39 is 0 Å². The van der Waals surface area contributed by atoms with Crippen molar-refractivity contribution >= 4 is 5.69 Å². The van der Waals surface area contributed by atoms with E-state index in [-0.39, 0.29) is 6.79 Å². The molecule has 4 heteroatoms. The lowest BCUT2D eigenvalue weighted by molar-refractivity contribution is 0.0764. The van der Waals surface area contributed by atoms with Gasteiger partial charge in [-0.2, -0.15) is 0 Å². The highest BCUT2D eigenvalue weighted by atomic mass is 16.7. The lowest BCUT2D eigenvalue weighted by Crippen LogP contribution is -2.22. The number of rotatable bonds is 3. The van der Waals surface area contributed by atoms with Crippen LogP contribution in [0.2, 0.25) is 0 Å². The second kappa shape index (κ2) is 4.23. The number of benzene rings is 1. The summed E-state index contributed by atoms with van der Waals surface area (Å²) in [5.74, 6) is 0.626. The number of aryl methyl sites for hydroxylation is 1. The Morgan fingerprint density at radius 2 is 2.20 bits per heavy atom. The number of hydrogen-bond donors (Lipinski definition) is 1. The van der Waals surface area contributed by atoms with Gasteiger partial charge in [0.1, 0.15) is 12.8 Å². The van der Waals surface area contributed by atoms with Gasteiger partial charge in [0.25, 0.3) is 0 Å². The Hall–Kier alpha value is -1.68. The quantitative estimate of drug-likeness (QED) is 0.770. The SMILES string of the molecule is Cc1ccccc1N(O)CC1=COCO1. The fourth-order valence-corrected chi connectivity index (χ4v) is 1.44. The molecule has 15 heavy (non-hydrogen) atoms. The molecule has 4 nitrogen and oxygen atoms in total. The lowest BCUT2D eigenvalue weighted by atomic mass is 10.2. The van der Waals surface area contributed by atoms with E-state index in [0.29, 0.717) is 12.3 Å². The molecule has 1 heterocycles. The molecule has 0 atom stereocenters. The summed E-state index contributed by atoms with van der Waals surface area (Å²) in [5.41, 5.74) is 1.79. The van der Waals surface area contributed by atoms with Crippen LogP contribution in [0.3, 0.4) is 0 Å². The molecule has 1 aliphatic heterocycles. The smallest absolute Gasteiger partial charge is 0.229 e. The summed E-state index contributed by atoms with van der Waals surface area (Å²) in [7, 11) is 0. The summed E-state index contributed by atoms with van der Waals surface area (Å²) in [4.78, 5) is 0. The molecular formula is C11H13NO3. The number of anilines is 1. The first kappa shape index (κ1) is 9.86. The second-order valence-electron chi connectivity index (χ2n) is 3.36. The van der Waals surface area contributed by atoms with Crippen molar-refractivity contribution in [3.05, 3.63) is 41.9 Å². The molecule has 0 saturated heterocycles. The molecule has 0 aromatic heterocycles. The summed E-state index contributed by atoms with van der Waals surface area (Å²) in [6, 6.07) is 7.61. The topological polar surface area (TPSA) is 41.9 Å². The molecule has 0 fully saturated rings. The molecule has 0 bridgehead atoms. The zero-order valence-corrected chi connectivity index (χ0v) is 8.51. The summed E-state index contributed by atoms with van der Waals surface area (Å²) in [6.07, 6.45) is 1.52. The number of hydroxylamine groups is 1. The van der Waals surface area contributed by atoms with Crippen molar-refractivity contribution in [2.24, 2.45) is 0 Å². The van der Waals surface area contributed by atoms with E-state index in [1.54, 1.807) is 0 Å². The van der Waals surface area contributed by atoms with Gasteiger partial charge in [-0.1, -0.05) is 18.2 Å². The highest BCUT2D eigenvalue weighted by Gasteiger charge is 2.12. The second-order valence-corrected chi connectivity index (χ2v) is 3.36. The molecule has 0 radical (unpaired) electrons. The maximum atomic E-state index is 9.82. The fourth-order valence-electron chi connectivity index (χ4n) is 1.44. The number of nitrogens with zero attached hydrogens (tertiary/aromatic N) is 1. The van der Waals surface area contributed by atoms with Gasteiger partial charge in [-0.15, -0.1) is 0 Å². The normalized spacial score (nSPS) is 14.1. The molecule has 1 aromatic rings. The predicted molar refractivity (Wildman–Crippen MR) is 55.4 cm³/mol. The van der Waals surface area contributed by atoms with E-state index in [4.69, 9.17) is 9.47 Å². The van der Waals surface area contributed by atoms with Crippen LogP contribution in [-0.2, 0) is 9.47 Å². The molecule has 2 rings (SSSR count). The first-order valence-electron chi connectivity index (χ1n) is 4.73. The van der Waals surface area contributed by atoms with E-state index in [0.717, 1.165) is 16.3 Å². The molecule has 0 aliphatic carbocycles. The Morgan fingerprint density at radius 1 is 1.40 bits per heavy atom. The van der Waals surface area contributed by atoms with Gasteiger partial charge in [0.05, 0.1) is 5.69 Å². The van der Waals surface area contributed by atoms with Gasteiger partial charge in [-0.3, -0.25) is 5.21 Å². The van der Waals surface area contributed by atoms with Crippen molar-refractivity contribution in [3.63, 3.8) is 0 Å². The molecule has 0 saturated carbocycles. The van der Waals surface area contributed by atoms with Crippen LogP contribution < -0.4 is 5.06 Å². The molecular weight excluding hydrogens is 194 g/mol. The van der Waals surface area contributed by atoms with E-state index in [1.165, 1.54) is 6.26 Å². The third kappa shape index (κ3) is 2.22. The maximum Gasteiger partial charge on any atom is 0.229 e. The van der Waals surface area contributed by atoms with E-state index in [1.807, 2.05) is 31.2 Å². The van der Waals surface area contributed by atoms with Gasteiger partial charge < -0.3 is 9.47 Å². The third-order valence-corrected chi connectivity index (χ3v) is 2.23. The summed E-state index contributed by atoms with van der Waals surface area (Å²) >= 11 is 0. The Balaban J connectivity index is 2.07. The van der Waals surface area contributed by atoms with Gasteiger partial charge in [0.15, 0.2) is 5.76 Å². The van der Waals surface area contributed by atoms with Gasteiger partial charge in [0, 0.05) is 0 Å². The van der Waals surface area contributed by atoms with Crippen molar-refractivity contribution in [3.8, 4) is 0 Å². The fraction of sp³-hybridized carbons (Fsp3) is 0.273. The number of para-hydroxylation sites is 1. The van der Waals surface area contributed by atoms with Gasteiger partial charge in [-0.25, -0.2) is 5.06 Å². The number of ether oxygens (including phenoxy) is 2. The van der Waals surface area contributed by atoms with Gasteiger partial charge in [0.2, 0.25) is 6.79 Å². The van der Waals surface area contributed by atoms with Crippen LogP contribution in [0.15, 0.2) is 36.3 Å². The first-order valence-corrected chi connectivity index (χ1v) is 4.73. The van der Waals surface area contributed by atoms with Crippen LogP contribution in [0.1, 0.15) is 5.56 Å². The average Bonchev–Trinajstić information content (AvgIpc) is 2.71. The van der Waals surface area contributed by atoms with Crippen molar-refractivity contribution in [2.75, 3.05) is 18.4 Å². The van der Waals surface area contributed by atoms with E-state index in [9.17, 15) is 5.21 Å². The highest BCUT2D eigenvalue weighted by Crippen LogP contribution is 2.19. The molecule has 1 N–H and O–H groups in total. The maximum absolute atomic E-state index is 9.82. The van der Waals surface area contributed by atoms with Crippen molar-refractivity contribution in [1.29, 1.82) is 0 Å². The van der Waals surface area contributed by atoms with Crippen molar-refractivity contribution < 1.29 is 14.7 Å². The summed E-state index contributed by atoms with van der Waals surface area (Å²) in [6.45, 7) is 2.47. The highest BCUT2D eigenvalue weighted by molar-refractivity contribution is 5.51. The summed E-state index contributed by atoms with van der Waals surface area (Å²) in [5, 5.41) is 11.0. The molecule has 0 spiro atoms.